The van der Waals surface area contributed by atoms with Gasteiger partial charge in [0.25, 0.3) is 0 Å². The maximum atomic E-state index is 9.58. The van der Waals surface area contributed by atoms with Crippen LogP contribution < -0.4 is 0 Å². The molecule has 0 aromatic rings. The molecule has 1 aliphatic heterocycles. The lowest BCUT2D eigenvalue weighted by Gasteiger charge is -2.34. The monoisotopic (exact) mass is 227 g/mol. The Hall–Kier alpha value is -0.0800. The van der Waals surface area contributed by atoms with E-state index < -0.39 is 0 Å². The minimum atomic E-state index is 0.154. The van der Waals surface area contributed by atoms with Crippen LogP contribution in [0.1, 0.15) is 52.9 Å². The predicted octanol–water partition coefficient (Wildman–Crippen LogP) is 2.91. The van der Waals surface area contributed by atoms with E-state index in [1.807, 2.05) is 0 Å². The summed E-state index contributed by atoms with van der Waals surface area (Å²) >= 11 is 0. The van der Waals surface area contributed by atoms with E-state index in [2.05, 4.69) is 25.7 Å². The Morgan fingerprint density at radius 1 is 1.25 bits per heavy atom. The Balaban J connectivity index is 2.42. The van der Waals surface area contributed by atoms with Gasteiger partial charge in [0.2, 0.25) is 0 Å². The zero-order valence-electron chi connectivity index (χ0n) is 11.3. The highest BCUT2D eigenvalue weighted by molar-refractivity contribution is 4.84. The van der Waals surface area contributed by atoms with Crippen LogP contribution in [0, 0.1) is 11.3 Å². The number of hydrogen-bond acceptors (Lipinski definition) is 2. The van der Waals surface area contributed by atoms with E-state index in [1.54, 1.807) is 0 Å². The molecule has 0 bridgehead atoms. The van der Waals surface area contributed by atoms with Crippen molar-refractivity contribution >= 4 is 0 Å². The van der Waals surface area contributed by atoms with Crippen molar-refractivity contribution in [1.29, 1.82) is 0 Å². The summed E-state index contributed by atoms with van der Waals surface area (Å²) < 4.78 is 0. The van der Waals surface area contributed by atoms with Crippen molar-refractivity contribution in [3.8, 4) is 0 Å². The summed E-state index contributed by atoms with van der Waals surface area (Å²) in [7, 11) is 0. The summed E-state index contributed by atoms with van der Waals surface area (Å²) in [5.41, 5.74) is 0.154. The summed E-state index contributed by atoms with van der Waals surface area (Å²) in [5.74, 6) is 0.912. The van der Waals surface area contributed by atoms with Crippen LogP contribution in [0.4, 0.5) is 0 Å². The van der Waals surface area contributed by atoms with E-state index >= 15 is 0 Å². The first-order valence-corrected chi connectivity index (χ1v) is 7.03. The molecule has 0 saturated carbocycles. The predicted molar refractivity (Wildman–Crippen MR) is 69.6 cm³/mol. The minimum absolute atomic E-state index is 0.154. The second-order valence-electron chi connectivity index (χ2n) is 5.54. The molecule has 0 radical (unpaired) electrons. The van der Waals surface area contributed by atoms with Crippen molar-refractivity contribution in [1.82, 2.24) is 4.90 Å². The van der Waals surface area contributed by atoms with Gasteiger partial charge in [0, 0.05) is 25.1 Å². The molecule has 1 aliphatic rings. The zero-order chi connectivity index (χ0) is 12.0. The highest BCUT2D eigenvalue weighted by atomic mass is 16.3. The molecule has 0 aromatic heterocycles. The second-order valence-corrected chi connectivity index (χ2v) is 5.54. The van der Waals surface area contributed by atoms with Crippen molar-refractivity contribution in [2.45, 2.75) is 52.9 Å². The van der Waals surface area contributed by atoms with Crippen molar-refractivity contribution < 1.29 is 5.11 Å². The minimum Gasteiger partial charge on any atom is -0.396 e. The molecule has 1 saturated heterocycles. The van der Waals surface area contributed by atoms with E-state index in [0.29, 0.717) is 6.61 Å². The summed E-state index contributed by atoms with van der Waals surface area (Å²) in [6, 6.07) is 0. The highest BCUT2D eigenvalue weighted by Gasteiger charge is 2.31. The van der Waals surface area contributed by atoms with Crippen molar-refractivity contribution in [2.24, 2.45) is 11.3 Å². The molecule has 1 atom stereocenters. The van der Waals surface area contributed by atoms with E-state index in [0.717, 1.165) is 25.3 Å². The maximum Gasteiger partial charge on any atom is 0.0499 e. The van der Waals surface area contributed by atoms with Gasteiger partial charge in [-0.2, -0.15) is 0 Å². The van der Waals surface area contributed by atoms with Gasteiger partial charge in [-0.25, -0.2) is 0 Å². The van der Waals surface area contributed by atoms with Crippen molar-refractivity contribution in [2.75, 3.05) is 26.2 Å². The third-order valence-electron chi connectivity index (χ3n) is 4.46. The average molecular weight is 227 g/mol. The number of aliphatic hydroxyl groups excluding tert-OH is 1. The smallest absolute Gasteiger partial charge is 0.0499 e. The Morgan fingerprint density at radius 2 is 1.94 bits per heavy atom. The summed E-state index contributed by atoms with van der Waals surface area (Å²) in [4.78, 5) is 2.57. The molecule has 2 heteroatoms. The summed E-state index contributed by atoms with van der Waals surface area (Å²) in [6.07, 6.45) is 6.23. The van der Waals surface area contributed by atoms with E-state index in [4.69, 9.17) is 0 Å². The lowest BCUT2D eigenvalue weighted by atomic mass is 9.83. The molecule has 0 aromatic carbocycles. The fourth-order valence-corrected chi connectivity index (χ4v) is 2.92. The van der Waals surface area contributed by atoms with E-state index in [1.165, 1.54) is 32.4 Å². The van der Waals surface area contributed by atoms with Gasteiger partial charge in [-0.1, -0.05) is 27.2 Å². The maximum absolute atomic E-state index is 9.58. The van der Waals surface area contributed by atoms with Crippen molar-refractivity contribution in [3.05, 3.63) is 0 Å². The number of aliphatic hydroxyl groups is 1. The molecule has 0 aliphatic carbocycles. The Bertz CT molecular complexity index is 181. The molecular weight excluding hydrogens is 198 g/mol. The zero-order valence-corrected chi connectivity index (χ0v) is 11.3. The molecule has 1 rings (SSSR count). The SMILES string of the molecule is CCCC1CCN(CC(CC)(CC)CO)C1. The van der Waals surface area contributed by atoms with Gasteiger partial charge < -0.3 is 10.0 Å². The molecule has 96 valence electrons. The Morgan fingerprint density at radius 3 is 2.44 bits per heavy atom. The third-order valence-corrected chi connectivity index (χ3v) is 4.46. The quantitative estimate of drug-likeness (QED) is 0.723. The van der Waals surface area contributed by atoms with E-state index in [-0.39, 0.29) is 5.41 Å². The van der Waals surface area contributed by atoms with Gasteiger partial charge in [0.1, 0.15) is 0 Å². The van der Waals surface area contributed by atoms with Gasteiger partial charge in [-0.3, -0.25) is 0 Å². The summed E-state index contributed by atoms with van der Waals surface area (Å²) in [5, 5.41) is 9.58. The standard InChI is InChI=1S/C14H29NO/c1-4-7-13-8-9-15(10-13)11-14(5-2,6-3)12-16/h13,16H,4-12H2,1-3H3. The lowest BCUT2D eigenvalue weighted by Crippen LogP contribution is -2.38. The number of rotatable bonds is 7. The molecular formula is C14H29NO. The number of nitrogens with zero attached hydrogens (tertiary/aromatic N) is 1. The second kappa shape index (κ2) is 6.61. The Labute approximate surface area is 101 Å². The number of likely N-dealkylation sites (tertiary alicyclic amines) is 1. The fourth-order valence-electron chi connectivity index (χ4n) is 2.92. The van der Waals surface area contributed by atoms with Crippen LogP contribution in [-0.4, -0.2) is 36.2 Å². The Kier molecular flexibility index (Phi) is 5.77. The topological polar surface area (TPSA) is 23.5 Å². The third kappa shape index (κ3) is 3.46. The van der Waals surface area contributed by atoms with Crippen LogP contribution in [0.15, 0.2) is 0 Å². The molecule has 2 nitrogen and oxygen atoms in total. The lowest BCUT2D eigenvalue weighted by molar-refractivity contribution is 0.0733. The van der Waals surface area contributed by atoms with Gasteiger partial charge in [0.05, 0.1) is 0 Å². The molecule has 0 amide bonds. The molecule has 0 spiro atoms. The van der Waals surface area contributed by atoms with Crippen molar-refractivity contribution in [3.63, 3.8) is 0 Å². The molecule has 1 heterocycles. The average Bonchev–Trinajstić information content (AvgIpc) is 2.74. The van der Waals surface area contributed by atoms with Gasteiger partial charge in [-0.05, 0) is 38.1 Å². The first-order chi connectivity index (χ1) is 7.69. The van der Waals surface area contributed by atoms with Gasteiger partial charge in [-0.15, -0.1) is 0 Å². The molecule has 1 fully saturated rings. The van der Waals surface area contributed by atoms with Gasteiger partial charge in [0.15, 0.2) is 0 Å². The molecule has 1 unspecified atom stereocenters. The van der Waals surface area contributed by atoms with Gasteiger partial charge >= 0.3 is 0 Å². The van der Waals surface area contributed by atoms with Crippen LogP contribution in [0.3, 0.4) is 0 Å². The summed E-state index contributed by atoms with van der Waals surface area (Å²) in [6.45, 7) is 10.6. The van der Waals surface area contributed by atoms with E-state index in [9.17, 15) is 5.11 Å². The first-order valence-electron chi connectivity index (χ1n) is 7.03. The first kappa shape index (κ1) is 14.0. The van der Waals surface area contributed by atoms with Crippen LogP contribution in [0.2, 0.25) is 0 Å². The number of hydrogen-bond donors (Lipinski definition) is 1. The largest absolute Gasteiger partial charge is 0.396 e. The molecule has 1 N–H and O–H groups in total. The van der Waals surface area contributed by atoms with Crippen LogP contribution in [0.25, 0.3) is 0 Å². The molecule has 16 heavy (non-hydrogen) atoms. The normalized spacial score (nSPS) is 22.9. The fraction of sp³-hybridized carbons (Fsp3) is 1.00. The van der Waals surface area contributed by atoms with Crippen LogP contribution >= 0.6 is 0 Å². The highest BCUT2D eigenvalue weighted by Crippen LogP contribution is 2.30. The van der Waals surface area contributed by atoms with Crippen LogP contribution in [-0.2, 0) is 0 Å². The van der Waals surface area contributed by atoms with Crippen LogP contribution in [0.5, 0.6) is 0 Å².